The molecule has 1 aliphatic rings. The van der Waals surface area contributed by atoms with Gasteiger partial charge in [-0.25, -0.2) is 4.70 Å². The Balaban J connectivity index is 0.00000249. The van der Waals surface area contributed by atoms with E-state index in [4.69, 9.17) is 0 Å². The van der Waals surface area contributed by atoms with Gasteiger partial charge in [-0.3, -0.25) is 0 Å². The summed E-state index contributed by atoms with van der Waals surface area (Å²) in [5.74, 6) is 0. The van der Waals surface area contributed by atoms with Crippen LogP contribution in [0.4, 0.5) is 0 Å². The van der Waals surface area contributed by atoms with Crippen molar-refractivity contribution in [3.63, 3.8) is 0 Å². The molecule has 0 N–H and O–H groups in total. The van der Waals surface area contributed by atoms with Crippen molar-refractivity contribution in [2.75, 3.05) is 0 Å². The van der Waals surface area contributed by atoms with Gasteiger partial charge in [0.2, 0.25) is 11.4 Å². The molecule has 0 radical (unpaired) electrons. The van der Waals surface area contributed by atoms with Crippen LogP contribution < -0.4 is 0 Å². The Bertz CT molecular complexity index is 1710. The molecule has 3 rings (SSSR count). The number of benzene rings is 2. The van der Waals surface area contributed by atoms with Crippen molar-refractivity contribution in [3.8, 4) is 0 Å². The van der Waals surface area contributed by atoms with Crippen LogP contribution in [0.2, 0.25) is 10.8 Å². The van der Waals surface area contributed by atoms with E-state index in [1.165, 1.54) is 270 Å². The van der Waals surface area contributed by atoms with Crippen molar-refractivity contribution in [1.29, 1.82) is 0 Å². The molecule has 0 saturated heterocycles. The Morgan fingerprint density at radius 2 is 0.676 bits per heavy atom. The molecule has 0 saturated carbocycles. The normalized spacial score (nSPS) is 12.8. The standard InChI is InChI=1S/C65H106N2.2C3H7.Ni/c1-4-7-10-12-14-16-18-20-22-24-26-27-29-31-32-34-36-38-40-42-45-51-59-53-47-49-56-62(59)64-58-61(55-44-9-6-3)65(67(64)66)63-57-50-48-54-60(63)52-46-43-41-39-37-35-33-30-28-25-23-21-19-17-15-13-11-8-5-2;2*1-3-2;/h38-41,47-50,53-54,56-58H,4-37,42-46,51-52,55H2,1-3H3;2*1,3H2,2H3;. The fourth-order valence-electron chi connectivity index (χ4n) is 10.6. The summed E-state index contributed by atoms with van der Waals surface area (Å²) in [6, 6.07) is 17.7. The fraction of sp³-hybridized carbons (Fsp3) is 0.718. The summed E-state index contributed by atoms with van der Waals surface area (Å²) in [5.41, 5.74) is 20.4. The van der Waals surface area contributed by atoms with Gasteiger partial charge in [0.05, 0.1) is 0 Å². The van der Waals surface area contributed by atoms with Crippen LogP contribution in [0.5, 0.6) is 0 Å². The van der Waals surface area contributed by atoms with Gasteiger partial charge in [0.15, 0.2) is 0 Å². The van der Waals surface area contributed by atoms with Crippen LogP contribution in [-0.4, -0.2) is 4.70 Å². The van der Waals surface area contributed by atoms with Gasteiger partial charge in [-0.1, -0.05) is 274 Å². The molecular formula is C71H120N2Ni. The van der Waals surface area contributed by atoms with Gasteiger partial charge < -0.3 is 5.53 Å². The van der Waals surface area contributed by atoms with Crippen LogP contribution >= 0.6 is 0 Å². The number of allylic oxidation sites excluding steroid dienone is 6. The Hall–Kier alpha value is -2.51. The molecule has 0 spiro atoms. The maximum atomic E-state index is 12.1. The van der Waals surface area contributed by atoms with E-state index >= 15 is 0 Å². The first-order chi connectivity index (χ1) is 36.6. The zero-order valence-corrected chi connectivity index (χ0v) is 50.7. The van der Waals surface area contributed by atoms with Crippen LogP contribution in [0, 0.1) is 0 Å². The molecule has 0 unspecified atom stereocenters. The summed E-state index contributed by atoms with van der Waals surface area (Å²) in [7, 11) is 0. The Morgan fingerprint density at radius 3 is 1.07 bits per heavy atom. The second kappa shape index (κ2) is 51.3. The third kappa shape index (κ3) is 35.0. The molecule has 0 bridgehead atoms. The summed E-state index contributed by atoms with van der Waals surface area (Å²) in [6.07, 6.45) is 70.9. The summed E-state index contributed by atoms with van der Waals surface area (Å²) in [5, 5.41) is 2.72. The number of aryl methyl sites for hydroxylation is 2. The molecule has 2 nitrogen and oxygen atoms in total. The molecule has 2 aromatic rings. The average Bonchev–Trinajstić information content (AvgIpc) is 3.74. The van der Waals surface area contributed by atoms with Gasteiger partial charge in [-0.15, -0.1) is 0 Å². The number of rotatable bonds is 50. The van der Waals surface area contributed by atoms with E-state index in [9.17, 15) is 5.53 Å². The van der Waals surface area contributed by atoms with Gasteiger partial charge in [-0.2, -0.15) is 0 Å². The minimum absolute atomic E-state index is 0.942. The van der Waals surface area contributed by atoms with Crippen LogP contribution in [0.3, 0.4) is 0 Å². The number of nitrogens with zero attached hydrogens (tertiary/aromatic N) is 2. The predicted octanol–water partition coefficient (Wildman–Crippen LogP) is 25.1. The summed E-state index contributed by atoms with van der Waals surface area (Å²) in [6.45, 7) is 11.3. The van der Waals surface area contributed by atoms with Crippen LogP contribution in [-0.2, 0) is 27.3 Å². The van der Waals surface area contributed by atoms with E-state index in [0.29, 0.717) is 0 Å². The second-order valence-corrected chi connectivity index (χ2v) is 23.6. The molecule has 3 heteroatoms. The molecule has 74 heavy (non-hydrogen) atoms. The zero-order valence-electron chi connectivity index (χ0n) is 49.7. The van der Waals surface area contributed by atoms with Crippen molar-refractivity contribution < 1.29 is 19.1 Å². The predicted molar refractivity (Wildman–Crippen MR) is 329 cm³/mol. The van der Waals surface area contributed by atoms with E-state index < -0.39 is 0 Å². The fourth-order valence-corrected chi connectivity index (χ4v) is 11.6. The van der Waals surface area contributed by atoms with E-state index in [1.807, 2.05) is 14.4 Å². The van der Waals surface area contributed by atoms with Crippen molar-refractivity contribution in [1.82, 2.24) is 0 Å². The molecule has 0 amide bonds. The number of unbranched alkanes of at least 4 members (excludes halogenated alkanes) is 34. The first-order valence-corrected chi connectivity index (χ1v) is 33.9. The number of hydrogen-bond acceptors (Lipinski definition) is 0. The van der Waals surface area contributed by atoms with Crippen LogP contribution in [0.15, 0.2) is 84.5 Å². The molecular weight excluding hydrogens is 939 g/mol. The Labute approximate surface area is 468 Å². The van der Waals surface area contributed by atoms with Gasteiger partial charge in [-0.05, 0) is 100 Å². The summed E-state index contributed by atoms with van der Waals surface area (Å²) < 4.78 is 1.55. The number of hydrogen-bond donors (Lipinski definition) is 0. The molecule has 2 aromatic carbocycles. The second-order valence-electron chi connectivity index (χ2n) is 22.2. The van der Waals surface area contributed by atoms with Crippen molar-refractivity contribution in [2.24, 2.45) is 0 Å². The average molecular weight is 1060 g/mol. The topological polar surface area (TPSA) is 25.3 Å². The maximum absolute atomic E-state index is 12.1. The van der Waals surface area contributed by atoms with Gasteiger partial charge in [0.25, 0.3) is 0 Å². The van der Waals surface area contributed by atoms with E-state index in [-0.39, 0.29) is 0 Å². The molecule has 0 atom stereocenters. The first-order valence-electron chi connectivity index (χ1n) is 32.5. The van der Waals surface area contributed by atoms with Crippen molar-refractivity contribution in [2.45, 2.75) is 328 Å². The van der Waals surface area contributed by atoms with E-state index in [1.54, 1.807) is 4.70 Å². The van der Waals surface area contributed by atoms with E-state index in [0.717, 1.165) is 62.8 Å². The molecule has 0 aliphatic carbocycles. The summed E-state index contributed by atoms with van der Waals surface area (Å²) in [4.78, 5) is 0. The first kappa shape index (κ1) is 67.6. The minimum atomic E-state index is 0.942. The van der Waals surface area contributed by atoms with Gasteiger partial charge in [0.1, 0.15) is 0 Å². The summed E-state index contributed by atoms with van der Waals surface area (Å²) >= 11 is 1.90. The molecule has 1 heterocycles. The monoisotopic (exact) mass is 1060 g/mol. The van der Waals surface area contributed by atoms with Crippen LogP contribution in [0.1, 0.15) is 327 Å². The molecule has 1 aliphatic heterocycles. The van der Waals surface area contributed by atoms with E-state index in [2.05, 4.69) is 114 Å². The molecule has 0 aromatic heterocycles. The molecule has 424 valence electrons. The Morgan fingerprint density at radius 1 is 0.351 bits per heavy atom. The molecule has 0 fully saturated rings. The Kier molecular flexibility index (Phi) is 46.8. The van der Waals surface area contributed by atoms with Gasteiger partial charge in [0, 0.05) is 22.8 Å². The van der Waals surface area contributed by atoms with Crippen LogP contribution in [0.25, 0.3) is 16.9 Å². The zero-order chi connectivity index (χ0) is 53.0. The SMILES string of the molecule is CCCCCCCCCCCCCCCCC=CCCCc1ccccc1C1=C(CCCCC)C=C(c2ccccc2CCCC=CCCCCCCCCCCCCCCCCCC)[N+]1=[N-].CC[CH2][Ni][CH2]CC. The third-order valence-electron chi connectivity index (χ3n) is 15.1. The quantitative estimate of drug-likeness (QED) is 0.0273. The third-order valence-corrected chi connectivity index (χ3v) is 16.8. The van der Waals surface area contributed by atoms with Crippen molar-refractivity contribution in [3.05, 3.63) is 112 Å². The van der Waals surface area contributed by atoms with Gasteiger partial charge >= 0.3 is 51.9 Å². The van der Waals surface area contributed by atoms with Crippen molar-refractivity contribution >= 4 is 11.4 Å².